The van der Waals surface area contributed by atoms with Gasteiger partial charge >= 0.3 is 0 Å². The Labute approximate surface area is 75.7 Å². The van der Waals surface area contributed by atoms with Gasteiger partial charge in [-0.15, -0.1) is 0 Å². The standard InChI is InChI=1S/C10H9NO2/c12-10(13)9-6-5-7-3-1-2-4-8(7)11-9/h1-6,9,11H,(H,12,13)/p-1. The molecule has 1 N–H and O–H groups in total. The van der Waals surface area contributed by atoms with Gasteiger partial charge in [0.2, 0.25) is 0 Å². The number of hydrogen-bond acceptors (Lipinski definition) is 3. The predicted molar refractivity (Wildman–Crippen MR) is 47.9 cm³/mol. The van der Waals surface area contributed by atoms with Gasteiger partial charge in [-0.3, -0.25) is 0 Å². The predicted octanol–water partition coefficient (Wildman–Crippen LogP) is 0.244. The summed E-state index contributed by atoms with van der Waals surface area (Å²) >= 11 is 0. The zero-order chi connectivity index (χ0) is 9.26. The van der Waals surface area contributed by atoms with Gasteiger partial charge < -0.3 is 15.2 Å². The Morgan fingerprint density at radius 2 is 2.15 bits per heavy atom. The maximum Gasteiger partial charge on any atom is 0.0846 e. The molecule has 0 spiro atoms. The first-order valence-corrected chi connectivity index (χ1v) is 4.02. The Balaban J connectivity index is 2.34. The summed E-state index contributed by atoms with van der Waals surface area (Å²) in [4.78, 5) is 10.5. The van der Waals surface area contributed by atoms with Crippen molar-refractivity contribution in [2.45, 2.75) is 6.04 Å². The molecule has 1 atom stereocenters. The second-order valence-corrected chi connectivity index (χ2v) is 2.89. The van der Waals surface area contributed by atoms with Crippen LogP contribution in [0.5, 0.6) is 0 Å². The highest BCUT2D eigenvalue weighted by atomic mass is 16.4. The highest BCUT2D eigenvalue weighted by Gasteiger charge is 2.11. The fourth-order valence-electron chi connectivity index (χ4n) is 1.33. The first-order valence-electron chi connectivity index (χ1n) is 4.02. The molecule has 2 rings (SSSR count). The zero-order valence-electron chi connectivity index (χ0n) is 6.86. The lowest BCUT2D eigenvalue weighted by molar-refractivity contribution is -0.305. The Bertz CT molecular complexity index is 371. The first-order chi connectivity index (χ1) is 6.27. The number of carboxylic acids is 1. The Kier molecular flexibility index (Phi) is 1.77. The third kappa shape index (κ3) is 1.40. The van der Waals surface area contributed by atoms with Crippen molar-refractivity contribution in [3.8, 4) is 0 Å². The van der Waals surface area contributed by atoms with Crippen molar-refractivity contribution in [1.29, 1.82) is 0 Å². The van der Waals surface area contributed by atoms with Crippen LogP contribution in [0.25, 0.3) is 6.08 Å². The number of rotatable bonds is 1. The SMILES string of the molecule is O=C([O-])C1C=Cc2ccccc2N1. The lowest BCUT2D eigenvalue weighted by Crippen LogP contribution is -2.40. The van der Waals surface area contributed by atoms with Crippen LogP contribution in [0.15, 0.2) is 30.3 Å². The summed E-state index contributed by atoms with van der Waals surface area (Å²) in [6, 6.07) is 6.82. The van der Waals surface area contributed by atoms with Crippen LogP contribution >= 0.6 is 0 Å². The summed E-state index contributed by atoms with van der Waals surface area (Å²) in [5, 5.41) is 13.4. The lowest BCUT2D eigenvalue weighted by atomic mass is 10.1. The van der Waals surface area contributed by atoms with Crippen LogP contribution in [-0.4, -0.2) is 12.0 Å². The molecule has 3 nitrogen and oxygen atoms in total. The molecule has 1 aliphatic heterocycles. The molecule has 1 aromatic carbocycles. The molecule has 0 radical (unpaired) electrons. The monoisotopic (exact) mass is 174 g/mol. The molecule has 1 heterocycles. The number of fused-ring (bicyclic) bond motifs is 1. The maximum atomic E-state index is 10.5. The number of anilines is 1. The van der Waals surface area contributed by atoms with E-state index in [0.717, 1.165) is 11.3 Å². The van der Waals surface area contributed by atoms with E-state index >= 15 is 0 Å². The largest absolute Gasteiger partial charge is 0.548 e. The molecule has 0 amide bonds. The second-order valence-electron chi connectivity index (χ2n) is 2.89. The Morgan fingerprint density at radius 3 is 2.92 bits per heavy atom. The van der Waals surface area contributed by atoms with Crippen LogP contribution in [-0.2, 0) is 4.79 Å². The maximum absolute atomic E-state index is 10.5. The molecule has 13 heavy (non-hydrogen) atoms. The molecule has 1 unspecified atom stereocenters. The molecule has 0 fully saturated rings. The van der Waals surface area contributed by atoms with Gasteiger partial charge in [0.25, 0.3) is 0 Å². The van der Waals surface area contributed by atoms with Gasteiger partial charge in [-0.1, -0.05) is 30.4 Å². The van der Waals surface area contributed by atoms with E-state index in [1.54, 1.807) is 12.2 Å². The van der Waals surface area contributed by atoms with E-state index < -0.39 is 12.0 Å². The van der Waals surface area contributed by atoms with Crippen molar-refractivity contribution >= 4 is 17.7 Å². The number of hydrogen-bond donors (Lipinski definition) is 1. The molecule has 0 saturated carbocycles. The van der Waals surface area contributed by atoms with E-state index in [0.29, 0.717) is 0 Å². The van der Waals surface area contributed by atoms with Gasteiger partial charge in [-0.2, -0.15) is 0 Å². The molecule has 0 aliphatic carbocycles. The highest BCUT2D eigenvalue weighted by Crippen LogP contribution is 2.21. The smallest absolute Gasteiger partial charge is 0.0846 e. The van der Waals surface area contributed by atoms with Gasteiger partial charge in [0.1, 0.15) is 0 Å². The van der Waals surface area contributed by atoms with Gasteiger partial charge in [0.15, 0.2) is 0 Å². The Hall–Kier alpha value is -1.77. The van der Waals surface area contributed by atoms with E-state index in [1.165, 1.54) is 0 Å². The first kappa shape index (κ1) is 7.86. The number of carboxylic acid groups (broad SMARTS) is 1. The van der Waals surface area contributed by atoms with Crippen LogP contribution in [0.1, 0.15) is 5.56 Å². The number of nitrogens with one attached hydrogen (secondary N) is 1. The van der Waals surface area contributed by atoms with Crippen LogP contribution in [0.3, 0.4) is 0 Å². The second kappa shape index (κ2) is 2.94. The van der Waals surface area contributed by atoms with E-state index in [-0.39, 0.29) is 0 Å². The molecule has 3 heteroatoms. The molecule has 66 valence electrons. The number of aliphatic carboxylic acids is 1. The summed E-state index contributed by atoms with van der Waals surface area (Å²) in [7, 11) is 0. The lowest BCUT2D eigenvalue weighted by Gasteiger charge is -2.22. The molecule has 0 aromatic heterocycles. The number of para-hydroxylation sites is 1. The molecule has 1 aliphatic rings. The fourth-order valence-corrected chi connectivity index (χ4v) is 1.33. The average Bonchev–Trinajstić information content (AvgIpc) is 2.17. The third-order valence-corrected chi connectivity index (χ3v) is 1.99. The van der Waals surface area contributed by atoms with E-state index in [9.17, 15) is 9.90 Å². The van der Waals surface area contributed by atoms with E-state index in [1.807, 2.05) is 24.3 Å². The fraction of sp³-hybridized carbons (Fsp3) is 0.100. The van der Waals surface area contributed by atoms with Crippen LogP contribution < -0.4 is 10.4 Å². The summed E-state index contributed by atoms with van der Waals surface area (Å²) in [6.45, 7) is 0. The van der Waals surface area contributed by atoms with E-state index in [4.69, 9.17) is 0 Å². The highest BCUT2D eigenvalue weighted by molar-refractivity contribution is 5.84. The summed E-state index contributed by atoms with van der Waals surface area (Å²) in [5.74, 6) is -1.11. The minimum absolute atomic E-state index is 0.713. The number of carbonyl (C=O) groups excluding carboxylic acids is 1. The van der Waals surface area contributed by atoms with E-state index in [2.05, 4.69) is 5.32 Å². The summed E-state index contributed by atoms with van der Waals surface area (Å²) < 4.78 is 0. The molecule has 0 saturated heterocycles. The van der Waals surface area contributed by atoms with Crippen LogP contribution in [0.4, 0.5) is 5.69 Å². The Morgan fingerprint density at radius 1 is 1.38 bits per heavy atom. The third-order valence-electron chi connectivity index (χ3n) is 1.99. The van der Waals surface area contributed by atoms with Gasteiger partial charge in [0.05, 0.1) is 12.0 Å². The topological polar surface area (TPSA) is 52.2 Å². The summed E-state index contributed by atoms with van der Waals surface area (Å²) in [6.07, 6.45) is 3.37. The van der Waals surface area contributed by atoms with Gasteiger partial charge in [0, 0.05) is 5.69 Å². The molecular weight excluding hydrogens is 166 g/mol. The zero-order valence-corrected chi connectivity index (χ0v) is 6.86. The average molecular weight is 174 g/mol. The minimum Gasteiger partial charge on any atom is -0.548 e. The number of carbonyl (C=O) groups is 1. The molecular formula is C10H8NO2-. The quantitative estimate of drug-likeness (QED) is 0.663. The van der Waals surface area contributed by atoms with Crippen molar-refractivity contribution in [3.63, 3.8) is 0 Å². The normalized spacial score (nSPS) is 18.9. The van der Waals surface area contributed by atoms with Gasteiger partial charge in [-0.25, -0.2) is 0 Å². The van der Waals surface area contributed by atoms with Crippen molar-refractivity contribution in [3.05, 3.63) is 35.9 Å². The summed E-state index contributed by atoms with van der Waals surface area (Å²) in [5.41, 5.74) is 1.83. The van der Waals surface area contributed by atoms with Crippen molar-refractivity contribution in [2.24, 2.45) is 0 Å². The molecule has 1 aromatic rings. The molecule has 0 bridgehead atoms. The minimum atomic E-state index is -1.11. The number of benzene rings is 1. The van der Waals surface area contributed by atoms with Crippen molar-refractivity contribution in [2.75, 3.05) is 5.32 Å². The van der Waals surface area contributed by atoms with Gasteiger partial charge in [-0.05, 0) is 11.6 Å². The van der Waals surface area contributed by atoms with Crippen LogP contribution in [0.2, 0.25) is 0 Å². The van der Waals surface area contributed by atoms with Crippen molar-refractivity contribution in [1.82, 2.24) is 0 Å². The van der Waals surface area contributed by atoms with Crippen LogP contribution in [0, 0.1) is 0 Å². The van der Waals surface area contributed by atoms with Crippen molar-refractivity contribution < 1.29 is 9.90 Å².